The Morgan fingerprint density at radius 1 is 1.44 bits per heavy atom. The molecule has 1 unspecified atom stereocenters. The van der Waals surface area contributed by atoms with Crippen LogP contribution in [0.1, 0.15) is 37.1 Å². The number of rotatable bonds is 4. The highest BCUT2D eigenvalue weighted by atomic mass is 79.9. The standard InChI is InChI=1S/C13H17BrN4/c1-3-4-12(15)13-8-18(17-16-13)10-6-5-9(2)11(14)7-10/h5-8,12H,3-4,15H2,1-2H3. The van der Waals surface area contributed by atoms with Gasteiger partial charge in [-0.2, -0.15) is 0 Å². The van der Waals surface area contributed by atoms with Crippen molar-refractivity contribution in [2.45, 2.75) is 32.7 Å². The fourth-order valence-electron chi connectivity index (χ4n) is 1.76. The second-order valence-electron chi connectivity index (χ2n) is 4.42. The zero-order valence-corrected chi connectivity index (χ0v) is 12.2. The van der Waals surface area contributed by atoms with Crippen molar-refractivity contribution in [3.63, 3.8) is 0 Å². The van der Waals surface area contributed by atoms with E-state index in [0.717, 1.165) is 28.7 Å². The number of aryl methyl sites for hydroxylation is 1. The lowest BCUT2D eigenvalue weighted by Gasteiger charge is -2.05. The quantitative estimate of drug-likeness (QED) is 0.944. The molecule has 0 spiro atoms. The molecule has 4 nitrogen and oxygen atoms in total. The topological polar surface area (TPSA) is 56.7 Å². The van der Waals surface area contributed by atoms with E-state index >= 15 is 0 Å². The Balaban J connectivity index is 2.26. The summed E-state index contributed by atoms with van der Waals surface area (Å²) >= 11 is 3.52. The first-order valence-corrected chi connectivity index (χ1v) is 6.85. The first-order valence-electron chi connectivity index (χ1n) is 6.06. The molecule has 2 aromatic rings. The summed E-state index contributed by atoms with van der Waals surface area (Å²) in [6.07, 6.45) is 3.87. The smallest absolute Gasteiger partial charge is 0.0998 e. The molecule has 1 heterocycles. The van der Waals surface area contributed by atoms with Gasteiger partial charge in [-0.05, 0) is 31.0 Å². The molecule has 0 amide bonds. The van der Waals surface area contributed by atoms with Crippen molar-refractivity contribution in [2.75, 3.05) is 0 Å². The van der Waals surface area contributed by atoms with Crippen molar-refractivity contribution in [1.82, 2.24) is 15.0 Å². The summed E-state index contributed by atoms with van der Waals surface area (Å²) in [6, 6.07) is 6.06. The van der Waals surface area contributed by atoms with Crippen LogP contribution in [0.5, 0.6) is 0 Å². The Morgan fingerprint density at radius 3 is 2.89 bits per heavy atom. The van der Waals surface area contributed by atoms with Crippen LogP contribution in [0.15, 0.2) is 28.9 Å². The van der Waals surface area contributed by atoms with Gasteiger partial charge in [0.15, 0.2) is 0 Å². The van der Waals surface area contributed by atoms with Crippen LogP contribution < -0.4 is 5.73 Å². The molecule has 0 aliphatic rings. The Morgan fingerprint density at radius 2 is 2.22 bits per heavy atom. The van der Waals surface area contributed by atoms with Gasteiger partial charge in [-0.1, -0.05) is 40.6 Å². The van der Waals surface area contributed by atoms with Crippen molar-refractivity contribution in [3.05, 3.63) is 40.1 Å². The Kier molecular flexibility index (Phi) is 4.14. The van der Waals surface area contributed by atoms with Crippen molar-refractivity contribution >= 4 is 15.9 Å². The molecule has 1 atom stereocenters. The molecule has 2 rings (SSSR count). The van der Waals surface area contributed by atoms with E-state index in [1.54, 1.807) is 4.68 Å². The van der Waals surface area contributed by atoms with Gasteiger partial charge >= 0.3 is 0 Å². The highest BCUT2D eigenvalue weighted by Crippen LogP contribution is 2.20. The number of aromatic nitrogens is 3. The van der Waals surface area contributed by atoms with Crippen LogP contribution in [0.25, 0.3) is 5.69 Å². The van der Waals surface area contributed by atoms with E-state index < -0.39 is 0 Å². The van der Waals surface area contributed by atoms with Gasteiger partial charge in [0, 0.05) is 4.47 Å². The average Bonchev–Trinajstić information content (AvgIpc) is 2.82. The lowest BCUT2D eigenvalue weighted by molar-refractivity contribution is 0.619. The zero-order valence-electron chi connectivity index (χ0n) is 10.6. The molecule has 0 saturated carbocycles. The fourth-order valence-corrected chi connectivity index (χ4v) is 2.12. The van der Waals surface area contributed by atoms with Crippen LogP contribution >= 0.6 is 15.9 Å². The summed E-state index contributed by atoms with van der Waals surface area (Å²) in [7, 11) is 0. The molecule has 1 aromatic carbocycles. The number of nitrogens with zero attached hydrogens (tertiary/aromatic N) is 3. The number of halogens is 1. The Bertz CT molecular complexity index is 536. The molecule has 1 aromatic heterocycles. The Hall–Kier alpha value is -1.20. The van der Waals surface area contributed by atoms with Crippen molar-refractivity contribution in [1.29, 1.82) is 0 Å². The molecule has 18 heavy (non-hydrogen) atoms. The minimum Gasteiger partial charge on any atom is -0.323 e. The van der Waals surface area contributed by atoms with Crippen LogP contribution in [0.4, 0.5) is 0 Å². The minimum atomic E-state index is -0.0300. The molecule has 2 N–H and O–H groups in total. The molecular formula is C13H17BrN4. The van der Waals surface area contributed by atoms with E-state index in [0.29, 0.717) is 0 Å². The predicted octanol–water partition coefficient (Wildman–Crippen LogP) is 3.14. The van der Waals surface area contributed by atoms with Gasteiger partial charge in [0.2, 0.25) is 0 Å². The number of hydrogen-bond acceptors (Lipinski definition) is 3. The minimum absolute atomic E-state index is 0.0300. The maximum Gasteiger partial charge on any atom is 0.0998 e. The van der Waals surface area contributed by atoms with Crippen LogP contribution in [-0.4, -0.2) is 15.0 Å². The van der Waals surface area contributed by atoms with Crippen LogP contribution in [0, 0.1) is 6.92 Å². The molecular weight excluding hydrogens is 292 g/mol. The highest BCUT2D eigenvalue weighted by molar-refractivity contribution is 9.10. The highest BCUT2D eigenvalue weighted by Gasteiger charge is 2.10. The van der Waals surface area contributed by atoms with Crippen molar-refractivity contribution in [3.8, 4) is 5.69 Å². The monoisotopic (exact) mass is 308 g/mol. The number of benzene rings is 1. The zero-order chi connectivity index (χ0) is 13.1. The molecule has 0 aliphatic carbocycles. The molecule has 0 aliphatic heterocycles. The maximum absolute atomic E-state index is 6.03. The number of hydrogen-bond donors (Lipinski definition) is 1. The van der Waals surface area contributed by atoms with E-state index in [1.165, 1.54) is 5.56 Å². The molecule has 0 radical (unpaired) electrons. The van der Waals surface area contributed by atoms with Crippen LogP contribution in [0.2, 0.25) is 0 Å². The van der Waals surface area contributed by atoms with Crippen molar-refractivity contribution in [2.24, 2.45) is 5.73 Å². The average molecular weight is 309 g/mol. The number of nitrogens with two attached hydrogens (primary N) is 1. The Labute approximate surface area is 115 Å². The summed E-state index contributed by atoms with van der Waals surface area (Å²) < 4.78 is 2.82. The summed E-state index contributed by atoms with van der Waals surface area (Å²) in [6.45, 7) is 4.17. The van der Waals surface area contributed by atoms with Gasteiger partial charge in [-0.3, -0.25) is 0 Å². The van der Waals surface area contributed by atoms with E-state index in [9.17, 15) is 0 Å². The van der Waals surface area contributed by atoms with E-state index in [-0.39, 0.29) is 6.04 Å². The third-order valence-electron chi connectivity index (χ3n) is 2.91. The summed E-state index contributed by atoms with van der Waals surface area (Å²) in [4.78, 5) is 0. The lowest BCUT2D eigenvalue weighted by atomic mass is 10.1. The van der Waals surface area contributed by atoms with Crippen molar-refractivity contribution < 1.29 is 0 Å². The maximum atomic E-state index is 6.03. The molecule has 5 heteroatoms. The van der Waals surface area contributed by atoms with Gasteiger partial charge in [0.25, 0.3) is 0 Å². The SMILES string of the molecule is CCCC(N)c1cn(-c2ccc(C)c(Br)c2)nn1. The second-order valence-corrected chi connectivity index (χ2v) is 5.27. The summed E-state index contributed by atoms with van der Waals surface area (Å²) in [5.74, 6) is 0. The first kappa shape index (κ1) is 13.2. The van der Waals surface area contributed by atoms with E-state index in [4.69, 9.17) is 5.73 Å². The molecule has 0 saturated heterocycles. The lowest BCUT2D eigenvalue weighted by Crippen LogP contribution is -2.10. The molecule has 0 bridgehead atoms. The van der Waals surface area contributed by atoms with Gasteiger partial charge in [-0.25, -0.2) is 4.68 Å². The van der Waals surface area contributed by atoms with Gasteiger partial charge in [0.1, 0.15) is 0 Å². The second kappa shape index (κ2) is 5.63. The van der Waals surface area contributed by atoms with E-state index in [2.05, 4.69) is 40.1 Å². The largest absolute Gasteiger partial charge is 0.323 e. The fraction of sp³-hybridized carbons (Fsp3) is 0.385. The molecule has 0 fully saturated rings. The van der Waals surface area contributed by atoms with Crippen LogP contribution in [0.3, 0.4) is 0 Å². The summed E-state index contributed by atoms with van der Waals surface area (Å²) in [5.41, 5.74) is 9.04. The first-order chi connectivity index (χ1) is 8.61. The third-order valence-corrected chi connectivity index (χ3v) is 3.76. The van der Waals surface area contributed by atoms with Crippen LogP contribution in [-0.2, 0) is 0 Å². The third kappa shape index (κ3) is 2.79. The normalized spacial score (nSPS) is 12.7. The van der Waals surface area contributed by atoms with Gasteiger partial charge < -0.3 is 5.73 Å². The van der Waals surface area contributed by atoms with Gasteiger partial charge in [0.05, 0.1) is 23.6 Å². The summed E-state index contributed by atoms with van der Waals surface area (Å²) in [5, 5.41) is 8.26. The van der Waals surface area contributed by atoms with Gasteiger partial charge in [-0.15, -0.1) is 5.10 Å². The van der Waals surface area contributed by atoms with E-state index in [1.807, 2.05) is 24.4 Å². The molecule has 96 valence electrons. The predicted molar refractivity (Wildman–Crippen MR) is 75.6 cm³/mol.